The summed E-state index contributed by atoms with van der Waals surface area (Å²) in [4.78, 5) is 0. The Labute approximate surface area is 167 Å². The summed E-state index contributed by atoms with van der Waals surface area (Å²) >= 11 is 0. The molecule has 0 bridgehead atoms. The summed E-state index contributed by atoms with van der Waals surface area (Å²) in [6, 6.07) is 0. The van der Waals surface area contributed by atoms with Gasteiger partial charge in [-0.25, -0.2) is 0 Å². The van der Waals surface area contributed by atoms with Crippen LogP contribution in [0.15, 0.2) is 11.6 Å². The highest BCUT2D eigenvalue weighted by molar-refractivity contribution is 6.74. The highest BCUT2D eigenvalue weighted by Crippen LogP contribution is 2.49. The van der Waals surface area contributed by atoms with Crippen molar-refractivity contribution in [2.24, 2.45) is 11.3 Å². The predicted molar refractivity (Wildman–Crippen MR) is 112 cm³/mol. The summed E-state index contributed by atoms with van der Waals surface area (Å²) in [7, 11) is -1.83. The zero-order valence-electron chi connectivity index (χ0n) is 18.5. The lowest BCUT2D eigenvalue weighted by Crippen LogP contribution is -2.49. The summed E-state index contributed by atoms with van der Waals surface area (Å²) < 4.78 is 24.5. The standard InChI is InChI=1S/C22H38O4Si/c1-9-10-11-23-16-19-15-22(24-12-13-25-22)14-18(2)21(19,6)17-26-27(7,8)20(3,4)5/h15,18H,11-14,16-17H2,1-8H3/t18-,21+/m0/s1. The minimum absolute atomic E-state index is 0.101. The highest BCUT2D eigenvalue weighted by atomic mass is 28.4. The maximum absolute atomic E-state index is 6.65. The quantitative estimate of drug-likeness (QED) is 0.282. The van der Waals surface area contributed by atoms with Crippen LogP contribution in [0.2, 0.25) is 18.1 Å². The molecule has 0 aromatic carbocycles. The van der Waals surface area contributed by atoms with E-state index in [9.17, 15) is 0 Å². The van der Waals surface area contributed by atoms with E-state index in [2.05, 4.69) is 65.6 Å². The summed E-state index contributed by atoms with van der Waals surface area (Å²) in [5.74, 6) is 5.63. The Morgan fingerprint density at radius 2 is 1.89 bits per heavy atom. The van der Waals surface area contributed by atoms with Crippen LogP contribution in [0.25, 0.3) is 0 Å². The molecule has 0 aromatic heterocycles. The van der Waals surface area contributed by atoms with E-state index in [1.54, 1.807) is 0 Å². The van der Waals surface area contributed by atoms with Crippen LogP contribution in [-0.4, -0.2) is 47.1 Å². The van der Waals surface area contributed by atoms with E-state index in [0.29, 0.717) is 39.0 Å². The second kappa shape index (κ2) is 8.38. The third-order valence-corrected chi connectivity index (χ3v) is 11.2. The van der Waals surface area contributed by atoms with Gasteiger partial charge in [-0.1, -0.05) is 40.5 Å². The fourth-order valence-electron chi connectivity index (χ4n) is 3.40. The van der Waals surface area contributed by atoms with Crippen LogP contribution in [0.3, 0.4) is 0 Å². The molecule has 0 radical (unpaired) electrons. The van der Waals surface area contributed by atoms with Crippen molar-refractivity contribution in [3.05, 3.63) is 11.6 Å². The van der Waals surface area contributed by atoms with Crippen LogP contribution in [0.5, 0.6) is 0 Å². The lowest BCUT2D eigenvalue weighted by molar-refractivity contribution is -0.147. The minimum atomic E-state index is -1.83. The van der Waals surface area contributed by atoms with Crippen LogP contribution in [0.1, 0.15) is 48.0 Å². The molecule has 0 amide bonds. The lowest BCUT2D eigenvalue weighted by atomic mass is 9.66. The van der Waals surface area contributed by atoms with Gasteiger partial charge in [0, 0.05) is 18.4 Å². The first-order valence-corrected chi connectivity index (χ1v) is 13.0. The molecule has 1 aliphatic carbocycles. The molecule has 154 valence electrons. The largest absolute Gasteiger partial charge is 0.416 e. The molecule has 5 heteroatoms. The smallest absolute Gasteiger partial charge is 0.192 e. The molecular formula is C22H38O4Si. The van der Waals surface area contributed by atoms with E-state index in [4.69, 9.17) is 18.6 Å². The van der Waals surface area contributed by atoms with Crippen molar-refractivity contribution in [2.75, 3.05) is 33.0 Å². The second-order valence-corrected chi connectivity index (χ2v) is 14.5. The molecule has 1 aliphatic heterocycles. The molecule has 0 unspecified atom stereocenters. The normalized spacial score (nSPS) is 28.0. The van der Waals surface area contributed by atoms with Gasteiger partial charge in [0.15, 0.2) is 14.1 Å². The molecule has 1 fully saturated rings. The van der Waals surface area contributed by atoms with Gasteiger partial charge in [0.1, 0.15) is 6.61 Å². The number of ether oxygens (including phenoxy) is 3. The van der Waals surface area contributed by atoms with E-state index < -0.39 is 14.1 Å². The van der Waals surface area contributed by atoms with Crippen molar-refractivity contribution >= 4 is 8.32 Å². The second-order valence-electron chi connectivity index (χ2n) is 9.67. The highest BCUT2D eigenvalue weighted by Gasteiger charge is 2.50. The van der Waals surface area contributed by atoms with Crippen molar-refractivity contribution in [3.63, 3.8) is 0 Å². The first-order chi connectivity index (χ1) is 12.5. The van der Waals surface area contributed by atoms with E-state index in [1.165, 1.54) is 5.57 Å². The molecule has 0 N–H and O–H groups in total. The summed E-state index contributed by atoms with van der Waals surface area (Å²) in [6.07, 6.45) is 3.01. The Bertz CT molecular complexity index is 602. The van der Waals surface area contributed by atoms with E-state index in [1.807, 2.05) is 6.92 Å². The van der Waals surface area contributed by atoms with Crippen molar-refractivity contribution in [2.45, 2.75) is 71.9 Å². The Kier molecular flexibility index (Phi) is 7.03. The molecule has 4 nitrogen and oxygen atoms in total. The number of hydrogen-bond donors (Lipinski definition) is 0. The first kappa shape index (κ1) is 22.6. The molecule has 2 atom stereocenters. The average molecular weight is 395 g/mol. The Hall–Kier alpha value is -0.643. The van der Waals surface area contributed by atoms with Gasteiger partial charge in [-0.2, -0.15) is 0 Å². The van der Waals surface area contributed by atoms with Crippen LogP contribution in [-0.2, 0) is 18.6 Å². The molecular weight excluding hydrogens is 356 g/mol. The van der Waals surface area contributed by atoms with Gasteiger partial charge in [0.25, 0.3) is 0 Å². The van der Waals surface area contributed by atoms with Crippen LogP contribution < -0.4 is 0 Å². The SMILES string of the molecule is CC#CCOCC1=CC2(C[C@H](C)[C@@]1(C)CO[Si](C)(C)C(C)(C)C)OCCO2. The molecule has 27 heavy (non-hydrogen) atoms. The van der Waals surface area contributed by atoms with E-state index >= 15 is 0 Å². The first-order valence-electron chi connectivity index (χ1n) is 10.1. The molecule has 0 saturated carbocycles. The van der Waals surface area contributed by atoms with Gasteiger partial charge in [-0.05, 0) is 42.6 Å². The zero-order chi connectivity index (χ0) is 20.3. The zero-order valence-corrected chi connectivity index (χ0v) is 19.5. The van der Waals surface area contributed by atoms with Gasteiger partial charge in [0.05, 0.1) is 19.8 Å². The monoisotopic (exact) mass is 394 g/mol. The van der Waals surface area contributed by atoms with Crippen LogP contribution in [0, 0.1) is 23.2 Å². The Morgan fingerprint density at radius 3 is 2.44 bits per heavy atom. The van der Waals surface area contributed by atoms with E-state index in [0.717, 1.165) is 6.42 Å². The maximum atomic E-state index is 6.65. The molecule has 2 aliphatic rings. The van der Waals surface area contributed by atoms with Gasteiger partial charge in [-0.3, -0.25) is 0 Å². The van der Waals surface area contributed by atoms with Crippen molar-refractivity contribution in [1.82, 2.24) is 0 Å². The topological polar surface area (TPSA) is 36.9 Å². The molecule has 1 spiro atoms. The fourth-order valence-corrected chi connectivity index (χ4v) is 4.50. The summed E-state index contributed by atoms with van der Waals surface area (Å²) in [6.45, 7) is 20.9. The van der Waals surface area contributed by atoms with Gasteiger partial charge >= 0.3 is 0 Å². The third-order valence-electron chi connectivity index (χ3n) is 6.73. The van der Waals surface area contributed by atoms with Crippen molar-refractivity contribution < 1.29 is 18.6 Å². The van der Waals surface area contributed by atoms with Gasteiger partial charge in [-0.15, -0.1) is 5.92 Å². The summed E-state index contributed by atoms with van der Waals surface area (Å²) in [5.41, 5.74) is 1.11. The van der Waals surface area contributed by atoms with Crippen LogP contribution in [0.4, 0.5) is 0 Å². The van der Waals surface area contributed by atoms with Crippen molar-refractivity contribution in [3.8, 4) is 11.8 Å². The molecule has 1 heterocycles. The Balaban J connectivity index is 2.24. The summed E-state index contributed by atoms with van der Waals surface area (Å²) in [5, 5.41) is 0.192. The minimum Gasteiger partial charge on any atom is -0.416 e. The lowest BCUT2D eigenvalue weighted by Gasteiger charge is -2.48. The fraction of sp³-hybridized carbons (Fsp3) is 0.818. The van der Waals surface area contributed by atoms with Crippen LogP contribution >= 0.6 is 0 Å². The third kappa shape index (κ3) is 5.05. The maximum Gasteiger partial charge on any atom is 0.192 e. The molecule has 1 saturated heterocycles. The van der Waals surface area contributed by atoms with E-state index in [-0.39, 0.29) is 10.5 Å². The number of rotatable bonds is 6. The van der Waals surface area contributed by atoms with Gasteiger partial charge < -0.3 is 18.6 Å². The number of hydrogen-bond acceptors (Lipinski definition) is 4. The Morgan fingerprint density at radius 1 is 1.26 bits per heavy atom. The molecule has 0 aromatic rings. The molecule has 2 rings (SSSR count). The average Bonchev–Trinajstić information content (AvgIpc) is 3.01. The van der Waals surface area contributed by atoms with Gasteiger partial charge in [0.2, 0.25) is 0 Å². The van der Waals surface area contributed by atoms with Crippen molar-refractivity contribution in [1.29, 1.82) is 0 Å². The predicted octanol–water partition coefficient (Wildman–Crippen LogP) is 4.76.